The van der Waals surface area contributed by atoms with Crippen LogP contribution >= 0.6 is 11.3 Å². The van der Waals surface area contributed by atoms with E-state index in [1.165, 1.54) is 17.4 Å². The molecule has 0 aliphatic carbocycles. The zero-order chi connectivity index (χ0) is 6.69. The number of nitrogens with zero attached hydrogens (tertiary/aromatic N) is 1. The Kier molecular flexibility index (Phi) is 4.99. The van der Waals surface area contributed by atoms with Crippen molar-refractivity contribution in [3.63, 3.8) is 0 Å². The molecule has 4 heteroatoms. The topological polar surface area (TPSA) is 36.0 Å². The molecule has 1 rings (SSSR count). The van der Waals surface area contributed by atoms with Gasteiger partial charge in [-0.25, -0.2) is 0 Å². The van der Waals surface area contributed by atoms with E-state index < -0.39 is 0 Å². The molecule has 0 atom stereocenters. The molecule has 0 fully saturated rings. The van der Waals surface area contributed by atoms with Crippen molar-refractivity contribution in [2.24, 2.45) is 0 Å². The van der Waals surface area contributed by atoms with Crippen molar-refractivity contribution < 1.29 is 34.7 Å². The molecule has 48 valence electrons. The zero-order valence-electron chi connectivity index (χ0n) is 6.00. The van der Waals surface area contributed by atoms with E-state index in [2.05, 4.69) is 4.98 Å². The molecule has 0 amide bonds. The normalized spacial score (nSPS) is 10.7. The molecule has 1 heterocycles. The molecule has 0 aliphatic heterocycles. The summed E-state index contributed by atoms with van der Waals surface area (Å²) in [5.74, 6) is 0.0532. The SMILES string of the molecule is CC=C([O-])c1cncs1.[Na+]. The Morgan fingerprint density at radius 3 is 2.90 bits per heavy atom. The van der Waals surface area contributed by atoms with Crippen molar-refractivity contribution in [3.05, 3.63) is 22.7 Å². The minimum atomic E-state index is 0. The zero-order valence-corrected chi connectivity index (χ0v) is 8.81. The van der Waals surface area contributed by atoms with E-state index in [0.29, 0.717) is 4.88 Å². The second kappa shape index (κ2) is 4.91. The van der Waals surface area contributed by atoms with Crippen molar-refractivity contribution in [1.82, 2.24) is 4.98 Å². The molecule has 0 aliphatic rings. The van der Waals surface area contributed by atoms with Gasteiger partial charge in [0.15, 0.2) is 0 Å². The Morgan fingerprint density at radius 2 is 2.50 bits per heavy atom. The van der Waals surface area contributed by atoms with E-state index in [1.54, 1.807) is 18.6 Å². The molecule has 0 N–H and O–H groups in total. The largest absolute Gasteiger partial charge is 1.00 e. The van der Waals surface area contributed by atoms with Crippen LogP contribution in [0.25, 0.3) is 5.76 Å². The molecular formula is C6H6NNaOS. The fourth-order valence-electron chi connectivity index (χ4n) is 0.480. The van der Waals surface area contributed by atoms with Crippen LogP contribution in [0.2, 0.25) is 0 Å². The third kappa shape index (κ3) is 2.42. The average molecular weight is 163 g/mol. The van der Waals surface area contributed by atoms with Gasteiger partial charge < -0.3 is 5.11 Å². The number of hydrogen-bond acceptors (Lipinski definition) is 3. The fourth-order valence-corrected chi connectivity index (χ4v) is 1.07. The van der Waals surface area contributed by atoms with Gasteiger partial charge in [-0.1, -0.05) is 11.8 Å². The van der Waals surface area contributed by atoms with Crippen LogP contribution in [-0.2, 0) is 0 Å². The molecule has 0 aromatic carbocycles. The van der Waals surface area contributed by atoms with Crippen LogP contribution < -0.4 is 34.7 Å². The van der Waals surface area contributed by atoms with Gasteiger partial charge in [0.05, 0.1) is 5.51 Å². The summed E-state index contributed by atoms with van der Waals surface area (Å²) in [6.07, 6.45) is 3.11. The molecule has 10 heavy (non-hydrogen) atoms. The number of allylic oxidation sites excluding steroid dienone is 1. The van der Waals surface area contributed by atoms with Crippen molar-refractivity contribution >= 4 is 17.1 Å². The summed E-state index contributed by atoms with van der Waals surface area (Å²) in [4.78, 5) is 4.47. The van der Waals surface area contributed by atoms with E-state index in [-0.39, 0.29) is 35.3 Å². The number of hydrogen-bond donors (Lipinski definition) is 0. The number of thiazole rings is 1. The Bertz CT molecular complexity index is 208. The van der Waals surface area contributed by atoms with Gasteiger partial charge in [0.25, 0.3) is 0 Å². The second-order valence-corrected chi connectivity index (χ2v) is 2.40. The van der Waals surface area contributed by atoms with Crippen LogP contribution in [0.5, 0.6) is 0 Å². The summed E-state index contributed by atoms with van der Waals surface area (Å²) in [6, 6.07) is 0. The summed E-state index contributed by atoms with van der Waals surface area (Å²) in [5.41, 5.74) is 1.65. The van der Waals surface area contributed by atoms with Gasteiger partial charge >= 0.3 is 29.6 Å². The first kappa shape index (κ1) is 10.2. The van der Waals surface area contributed by atoms with E-state index in [9.17, 15) is 5.11 Å². The molecule has 2 nitrogen and oxygen atoms in total. The van der Waals surface area contributed by atoms with Gasteiger partial charge in [-0.15, -0.1) is 11.3 Å². The maximum atomic E-state index is 10.8. The van der Waals surface area contributed by atoms with Crippen LogP contribution in [0.4, 0.5) is 0 Å². The monoisotopic (exact) mass is 163 g/mol. The van der Waals surface area contributed by atoms with Gasteiger partial charge in [0.1, 0.15) is 0 Å². The first-order valence-electron chi connectivity index (χ1n) is 2.57. The third-order valence-electron chi connectivity index (χ3n) is 0.937. The predicted octanol–water partition coefficient (Wildman–Crippen LogP) is -2.13. The Labute approximate surface area is 85.9 Å². The summed E-state index contributed by atoms with van der Waals surface area (Å²) >= 11 is 1.36. The standard InChI is InChI=1S/C6H7NOS.Na/c1-2-5(8)6-3-7-4-9-6;/h2-4,8H,1H3;/q;+1/p-1. The Balaban J connectivity index is 0.000000810. The van der Waals surface area contributed by atoms with Gasteiger partial charge in [-0.2, -0.15) is 0 Å². The molecule has 1 aromatic rings. The van der Waals surface area contributed by atoms with E-state index >= 15 is 0 Å². The minimum Gasteiger partial charge on any atom is -0.872 e. The molecule has 0 spiro atoms. The summed E-state index contributed by atoms with van der Waals surface area (Å²) in [7, 11) is 0. The third-order valence-corrected chi connectivity index (χ3v) is 1.73. The van der Waals surface area contributed by atoms with Crippen LogP contribution in [0, 0.1) is 0 Å². The van der Waals surface area contributed by atoms with Gasteiger partial charge in [-0.05, 0) is 6.92 Å². The van der Waals surface area contributed by atoms with Crippen LogP contribution in [0.15, 0.2) is 17.8 Å². The predicted molar refractivity (Wildman–Crippen MR) is 35.8 cm³/mol. The fraction of sp³-hybridized carbons (Fsp3) is 0.167. The molecular weight excluding hydrogens is 157 g/mol. The van der Waals surface area contributed by atoms with Crippen LogP contribution in [0.1, 0.15) is 11.8 Å². The molecule has 0 saturated heterocycles. The van der Waals surface area contributed by atoms with Crippen molar-refractivity contribution in [2.45, 2.75) is 6.92 Å². The molecule has 0 saturated carbocycles. The average Bonchev–Trinajstić information content (AvgIpc) is 2.37. The van der Waals surface area contributed by atoms with Crippen LogP contribution in [0.3, 0.4) is 0 Å². The van der Waals surface area contributed by atoms with Crippen molar-refractivity contribution in [1.29, 1.82) is 0 Å². The maximum Gasteiger partial charge on any atom is 1.00 e. The van der Waals surface area contributed by atoms with E-state index in [4.69, 9.17) is 0 Å². The number of rotatable bonds is 1. The first-order valence-corrected chi connectivity index (χ1v) is 3.44. The summed E-state index contributed by atoms with van der Waals surface area (Å²) in [5, 5.41) is 10.8. The van der Waals surface area contributed by atoms with Crippen molar-refractivity contribution in [2.75, 3.05) is 0 Å². The maximum absolute atomic E-state index is 10.8. The second-order valence-electron chi connectivity index (χ2n) is 1.52. The Hall–Kier alpha value is 0.170. The summed E-state index contributed by atoms with van der Waals surface area (Å²) in [6.45, 7) is 1.72. The quantitative estimate of drug-likeness (QED) is 0.350. The Morgan fingerprint density at radius 1 is 1.80 bits per heavy atom. The number of aromatic nitrogens is 1. The van der Waals surface area contributed by atoms with Crippen LogP contribution in [-0.4, -0.2) is 4.98 Å². The van der Waals surface area contributed by atoms with Gasteiger partial charge in [0.2, 0.25) is 0 Å². The molecule has 0 radical (unpaired) electrons. The summed E-state index contributed by atoms with van der Waals surface area (Å²) < 4.78 is 0. The molecule has 0 bridgehead atoms. The molecule has 1 aromatic heterocycles. The smallest absolute Gasteiger partial charge is 0.872 e. The van der Waals surface area contributed by atoms with E-state index in [1.807, 2.05) is 0 Å². The molecule has 0 unspecified atom stereocenters. The van der Waals surface area contributed by atoms with Gasteiger partial charge in [0, 0.05) is 11.1 Å². The van der Waals surface area contributed by atoms with E-state index in [0.717, 1.165) is 0 Å². The first-order chi connectivity index (χ1) is 4.34. The minimum absolute atomic E-state index is 0. The van der Waals surface area contributed by atoms with Crippen molar-refractivity contribution in [3.8, 4) is 0 Å². The van der Waals surface area contributed by atoms with Gasteiger partial charge in [-0.3, -0.25) is 4.98 Å².